The Kier molecular flexibility index (Phi) is 4.58. The lowest BCUT2D eigenvalue weighted by molar-refractivity contribution is 0.431. The highest BCUT2D eigenvalue weighted by Gasteiger charge is 2.23. The van der Waals surface area contributed by atoms with Crippen LogP contribution in [0.1, 0.15) is 12.2 Å². The Hall–Kier alpha value is -1.94. The Labute approximate surface area is 118 Å². The number of H-pyrrole nitrogens is 1. The van der Waals surface area contributed by atoms with Gasteiger partial charge in [0.15, 0.2) is 17.5 Å². The largest absolute Gasteiger partial charge is 0.263 e. The molecule has 0 radical (unpaired) electrons. The van der Waals surface area contributed by atoms with E-state index in [4.69, 9.17) is 0 Å². The number of hydrogen-bond donors (Lipinski definition) is 2. The minimum absolute atomic E-state index is 0.0124. The lowest BCUT2D eigenvalue weighted by atomic mass is 10.3. The molecule has 1 aromatic heterocycles. The van der Waals surface area contributed by atoms with Crippen LogP contribution in [0.25, 0.3) is 0 Å². The average Bonchev–Trinajstić information content (AvgIpc) is 2.94. The van der Waals surface area contributed by atoms with Crippen molar-refractivity contribution in [2.24, 2.45) is 0 Å². The number of nitrogens with one attached hydrogen (secondary N) is 2. The highest BCUT2D eigenvalue weighted by molar-refractivity contribution is 7.89. The van der Waals surface area contributed by atoms with Crippen LogP contribution in [-0.2, 0) is 16.4 Å². The van der Waals surface area contributed by atoms with Crippen LogP contribution in [0.4, 0.5) is 13.2 Å². The summed E-state index contributed by atoms with van der Waals surface area (Å²) in [5.41, 5.74) is 0. The lowest BCUT2D eigenvalue weighted by Gasteiger charge is -2.08. The molecule has 0 fully saturated rings. The van der Waals surface area contributed by atoms with E-state index in [-0.39, 0.29) is 6.54 Å². The average molecular weight is 320 g/mol. The van der Waals surface area contributed by atoms with Crippen LogP contribution in [0.2, 0.25) is 0 Å². The summed E-state index contributed by atoms with van der Waals surface area (Å²) < 4.78 is 64.9. The zero-order chi connectivity index (χ0) is 15.5. The quantitative estimate of drug-likeness (QED) is 0.617. The highest BCUT2D eigenvalue weighted by Crippen LogP contribution is 2.19. The van der Waals surface area contributed by atoms with Crippen LogP contribution in [0.3, 0.4) is 0 Å². The van der Waals surface area contributed by atoms with Crippen molar-refractivity contribution in [3.63, 3.8) is 0 Å². The third kappa shape index (κ3) is 3.58. The summed E-state index contributed by atoms with van der Waals surface area (Å²) >= 11 is 0. The second kappa shape index (κ2) is 6.22. The Bertz CT molecular complexity index is 719. The van der Waals surface area contributed by atoms with Crippen molar-refractivity contribution >= 4 is 10.0 Å². The smallest absolute Gasteiger partial charge is 0.243 e. The first-order chi connectivity index (χ1) is 9.92. The first-order valence-electron chi connectivity index (χ1n) is 5.89. The zero-order valence-corrected chi connectivity index (χ0v) is 11.4. The Morgan fingerprint density at radius 1 is 1.19 bits per heavy atom. The molecule has 0 bridgehead atoms. The minimum atomic E-state index is -4.25. The van der Waals surface area contributed by atoms with E-state index in [9.17, 15) is 21.6 Å². The summed E-state index contributed by atoms with van der Waals surface area (Å²) in [5, 5.41) is 6.22. The molecule has 0 atom stereocenters. The zero-order valence-electron chi connectivity index (χ0n) is 10.6. The molecule has 2 aromatic rings. The summed E-state index contributed by atoms with van der Waals surface area (Å²) in [6.07, 6.45) is 2.12. The van der Waals surface area contributed by atoms with Gasteiger partial charge in [-0.2, -0.15) is 5.10 Å². The van der Waals surface area contributed by atoms with Crippen molar-refractivity contribution in [3.05, 3.63) is 41.7 Å². The number of aryl methyl sites for hydroxylation is 1. The fourth-order valence-corrected chi connectivity index (χ4v) is 2.75. The van der Waals surface area contributed by atoms with Gasteiger partial charge in [-0.3, -0.25) is 5.10 Å². The predicted molar refractivity (Wildman–Crippen MR) is 66.2 cm³/mol. The van der Waals surface area contributed by atoms with Crippen molar-refractivity contribution in [3.8, 4) is 0 Å². The van der Waals surface area contributed by atoms with Gasteiger partial charge >= 0.3 is 0 Å². The maximum Gasteiger partial charge on any atom is 0.243 e. The number of aromatic amines is 1. The van der Waals surface area contributed by atoms with Gasteiger partial charge in [-0.15, -0.1) is 0 Å². The Balaban J connectivity index is 2.00. The lowest BCUT2D eigenvalue weighted by Crippen LogP contribution is -2.26. The van der Waals surface area contributed by atoms with E-state index >= 15 is 0 Å². The Morgan fingerprint density at radius 3 is 2.62 bits per heavy atom. The van der Waals surface area contributed by atoms with E-state index in [2.05, 4.69) is 19.9 Å². The van der Waals surface area contributed by atoms with Crippen molar-refractivity contribution < 1.29 is 21.6 Å². The summed E-state index contributed by atoms with van der Waals surface area (Å²) in [6.45, 7) is -0.0124. The number of halogens is 3. The van der Waals surface area contributed by atoms with Crippen LogP contribution in [0.5, 0.6) is 0 Å². The molecule has 0 aliphatic carbocycles. The van der Waals surface area contributed by atoms with Crippen LogP contribution >= 0.6 is 0 Å². The molecular weight excluding hydrogens is 309 g/mol. The summed E-state index contributed by atoms with van der Waals surface area (Å²) in [6, 6.07) is 1.23. The topological polar surface area (TPSA) is 87.7 Å². The monoisotopic (exact) mass is 320 g/mol. The number of nitrogens with zero attached hydrogens (tertiary/aromatic N) is 2. The van der Waals surface area contributed by atoms with Crippen LogP contribution in [-0.4, -0.2) is 30.1 Å². The van der Waals surface area contributed by atoms with Crippen LogP contribution < -0.4 is 4.72 Å². The van der Waals surface area contributed by atoms with E-state index in [0.717, 1.165) is 0 Å². The van der Waals surface area contributed by atoms with Gasteiger partial charge in [-0.25, -0.2) is 31.3 Å². The molecule has 1 aromatic carbocycles. The first-order valence-corrected chi connectivity index (χ1v) is 7.37. The molecule has 0 spiro atoms. The second-order valence-corrected chi connectivity index (χ2v) is 5.84. The number of hydrogen-bond acceptors (Lipinski definition) is 4. The molecular formula is C11H11F3N4O2S. The van der Waals surface area contributed by atoms with E-state index in [1.165, 1.54) is 6.33 Å². The van der Waals surface area contributed by atoms with Crippen molar-refractivity contribution in [1.29, 1.82) is 0 Å². The fourth-order valence-electron chi connectivity index (χ4n) is 1.61. The molecule has 1 heterocycles. The normalized spacial score (nSPS) is 11.8. The Morgan fingerprint density at radius 2 is 1.95 bits per heavy atom. The molecule has 6 nitrogen and oxygen atoms in total. The van der Waals surface area contributed by atoms with Gasteiger partial charge in [-0.05, 0) is 18.6 Å². The third-order valence-electron chi connectivity index (χ3n) is 2.64. The van der Waals surface area contributed by atoms with Gasteiger partial charge in [0.25, 0.3) is 0 Å². The van der Waals surface area contributed by atoms with Gasteiger partial charge < -0.3 is 0 Å². The van der Waals surface area contributed by atoms with Gasteiger partial charge in [0, 0.05) is 13.0 Å². The van der Waals surface area contributed by atoms with Gasteiger partial charge in [0.2, 0.25) is 10.0 Å². The molecule has 0 aliphatic heterocycles. The maximum absolute atomic E-state index is 13.4. The van der Waals surface area contributed by atoms with Crippen LogP contribution in [0, 0.1) is 17.5 Å². The second-order valence-electron chi connectivity index (χ2n) is 4.11. The third-order valence-corrected chi connectivity index (χ3v) is 4.12. The number of benzene rings is 1. The van der Waals surface area contributed by atoms with Gasteiger partial charge in [-0.1, -0.05) is 0 Å². The molecule has 0 saturated heterocycles. The summed E-state index contributed by atoms with van der Waals surface area (Å²) in [7, 11) is -4.25. The molecule has 0 amide bonds. The molecule has 10 heteroatoms. The molecule has 21 heavy (non-hydrogen) atoms. The van der Waals surface area contributed by atoms with Crippen LogP contribution in [0.15, 0.2) is 23.4 Å². The molecule has 0 aliphatic rings. The van der Waals surface area contributed by atoms with E-state index in [0.29, 0.717) is 30.8 Å². The summed E-state index contributed by atoms with van der Waals surface area (Å²) in [4.78, 5) is 2.92. The standard InChI is InChI=1S/C11H11F3N4O2S/c12-7-3-4-8(11(14)10(7)13)21(19,20)17-5-1-2-9-15-6-16-18-9/h3-4,6,17H,1-2,5H2,(H,15,16,18). The van der Waals surface area contributed by atoms with E-state index < -0.39 is 32.4 Å². The van der Waals surface area contributed by atoms with Crippen molar-refractivity contribution in [2.75, 3.05) is 6.54 Å². The first kappa shape index (κ1) is 15.4. The van der Waals surface area contributed by atoms with Gasteiger partial charge in [0.05, 0.1) is 0 Å². The summed E-state index contributed by atoms with van der Waals surface area (Å²) in [5.74, 6) is -4.43. The molecule has 0 unspecified atom stereocenters. The van der Waals surface area contributed by atoms with Crippen molar-refractivity contribution in [2.45, 2.75) is 17.7 Å². The number of sulfonamides is 1. The fraction of sp³-hybridized carbons (Fsp3) is 0.273. The highest BCUT2D eigenvalue weighted by atomic mass is 32.2. The maximum atomic E-state index is 13.4. The van der Waals surface area contributed by atoms with Gasteiger partial charge in [0.1, 0.15) is 17.0 Å². The predicted octanol–water partition coefficient (Wildman–Crippen LogP) is 1.13. The number of rotatable bonds is 6. The molecule has 0 saturated carbocycles. The SMILES string of the molecule is O=S(=O)(NCCCc1ncn[nH]1)c1ccc(F)c(F)c1F. The molecule has 2 rings (SSSR count). The van der Waals surface area contributed by atoms with Crippen molar-refractivity contribution in [1.82, 2.24) is 19.9 Å². The molecule has 114 valence electrons. The minimum Gasteiger partial charge on any atom is -0.263 e. The van der Waals surface area contributed by atoms with E-state index in [1.54, 1.807) is 0 Å². The molecule has 2 N–H and O–H groups in total. The van der Waals surface area contributed by atoms with E-state index in [1.807, 2.05) is 0 Å². The number of aromatic nitrogens is 3.